The summed E-state index contributed by atoms with van der Waals surface area (Å²) >= 11 is 0. The van der Waals surface area contributed by atoms with E-state index < -0.39 is 0 Å². The van der Waals surface area contributed by atoms with Gasteiger partial charge in [-0.15, -0.1) is 0 Å². The second-order valence-corrected chi connectivity index (χ2v) is 11.6. The molecule has 2 heterocycles. The fourth-order valence-corrected chi connectivity index (χ4v) is 6.03. The van der Waals surface area contributed by atoms with Crippen LogP contribution in [-0.4, -0.2) is 19.9 Å². The van der Waals surface area contributed by atoms with Crippen molar-refractivity contribution in [2.75, 3.05) is 0 Å². The first-order chi connectivity index (χ1) is 23.2. The lowest BCUT2D eigenvalue weighted by atomic mass is 9.92. The van der Waals surface area contributed by atoms with E-state index in [9.17, 15) is 0 Å². The van der Waals surface area contributed by atoms with Gasteiger partial charge in [0.15, 0.2) is 17.5 Å². The number of nitrogens with zero attached hydrogens (tertiary/aromatic N) is 4. The Bertz CT molecular complexity index is 2290. The van der Waals surface area contributed by atoms with E-state index in [4.69, 9.17) is 19.9 Å². The van der Waals surface area contributed by atoms with Crippen LogP contribution in [0.4, 0.5) is 0 Å². The van der Waals surface area contributed by atoms with Crippen LogP contribution in [0.25, 0.3) is 78.4 Å². The summed E-state index contributed by atoms with van der Waals surface area (Å²) in [5.74, 6) is 1.91. The lowest BCUT2D eigenvalue weighted by molar-refractivity contribution is 1.07. The Labute approximate surface area is 274 Å². The normalized spacial score (nSPS) is 11.1. The van der Waals surface area contributed by atoms with E-state index in [2.05, 4.69) is 91.0 Å². The van der Waals surface area contributed by atoms with Gasteiger partial charge in [0.1, 0.15) is 0 Å². The van der Waals surface area contributed by atoms with Gasteiger partial charge in [0.25, 0.3) is 0 Å². The quantitative estimate of drug-likeness (QED) is 0.190. The molecule has 8 aromatic rings. The van der Waals surface area contributed by atoms with Crippen LogP contribution in [0, 0.1) is 6.92 Å². The molecule has 0 unspecified atom stereocenters. The van der Waals surface area contributed by atoms with Crippen molar-refractivity contribution in [3.63, 3.8) is 0 Å². The maximum Gasteiger partial charge on any atom is 0.164 e. The number of hydrogen-bond donors (Lipinski definition) is 0. The average Bonchev–Trinajstić information content (AvgIpc) is 3.15. The summed E-state index contributed by atoms with van der Waals surface area (Å²) in [6.45, 7) is 2.02. The molecule has 0 atom stereocenters. The van der Waals surface area contributed by atoms with Gasteiger partial charge in [-0.3, -0.25) is 4.98 Å². The lowest BCUT2D eigenvalue weighted by Crippen LogP contribution is -2.00. The van der Waals surface area contributed by atoms with Crippen molar-refractivity contribution < 1.29 is 0 Å². The van der Waals surface area contributed by atoms with Gasteiger partial charge in [0.05, 0.1) is 5.69 Å². The number of aromatic nitrogens is 4. The monoisotopic (exact) mass is 602 g/mol. The van der Waals surface area contributed by atoms with Crippen LogP contribution in [0.1, 0.15) is 5.69 Å². The minimum atomic E-state index is 0.627. The number of fused-ring (bicyclic) bond motifs is 1. The summed E-state index contributed by atoms with van der Waals surface area (Å²) in [6.07, 6.45) is 0. The van der Waals surface area contributed by atoms with Gasteiger partial charge in [-0.1, -0.05) is 133 Å². The summed E-state index contributed by atoms with van der Waals surface area (Å²) in [5.41, 5.74) is 10.3. The molecular formula is C43H30N4. The van der Waals surface area contributed by atoms with Crippen molar-refractivity contribution in [2.45, 2.75) is 6.92 Å². The molecule has 4 nitrogen and oxygen atoms in total. The van der Waals surface area contributed by atoms with Gasteiger partial charge in [0, 0.05) is 27.9 Å². The summed E-state index contributed by atoms with van der Waals surface area (Å²) < 4.78 is 0. The largest absolute Gasteiger partial charge is 0.253 e. The van der Waals surface area contributed by atoms with Crippen molar-refractivity contribution >= 4 is 10.8 Å². The van der Waals surface area contributed by atoms with Crippen molar-refractivity contribution in [1.82, 2.24) is 19.9 Å². The Morgan fingerprint density at radius 1 is 0.340 bits per heavy atom. The highest BCUT2D eigenvalue weighted by molar-refractivity contribution is 5.98. The smallest absolute Gasteiger partial charge is 0.164 e. The van der Waals surface area contributed by atoms with E-state index in [0.29, 0.717) is 17.5 Å². The molecule has 0 radical (unpaired) electrons. The minimum absolute atomic E-state index is 0.627. The SMILES string of the molecule is Cc1cccc(-c2ccc(-c3cc(-c4nc(-c5ccccc5)nc(-c5ccccc5)n4)cc(-c4cccc5ccccc45)c3)cc2)n1. The molecule has 0 bridgehead atoms. The number of benzene rings is 6. The van der Waals surface area contributed by atoms with Crippen LogP contribution in [0.15, 0.2) is 164 Å². The number of pyridine rings is 1. The Morgan fingerprint density at radius 3 is 1.55 bits per heavy atom. The van der Waals surface area contributed by atoms with Crippen LogP contribution in [0.5, 0.6) is 0 Å². The molecular weight excluding hydrogens is 573 g/mol. The average molecular weight is 603 g/mol. The Kier molecular flexibility index (Phi) is 7.37. The van der Waals surface area contributed by atoms with Gasteiger partial charge in [-0.25, -0.2) is 15.0 Å². The first-order valence-corrected chi connectivity index (χ1v) is 15.7. The second-order valence-electron chi connectivity index (χ2n) is 11.6. The summed E-state index contributed by atoms with van der Waals surface area (Å²) in [6, 6.07) is 56.6. The zero-order chi connectivity index (χ0) is 31.6. The molecule has 0 saturated carbocycles. The highest BCUT2D eigenvalue weighted by Gasteiger charge is 2.16. The molecule has 6 aromatic carbocycles. The van der Waals surface area contributed by atoms with E-state index in [0.717, 1.165) is 55.9 Å². The fraction of sp³-hybridized carbons (Fsp3) is 0.0233. The third-order valence-electron chi connectivity index (χ3n) is 8.39. The molecule has 0 aliphatic heterocycles. The van der Waals surface area contributed by atoms with Crippen molar-refractivity contribution in [3.05, 3.63) is 169 Å². The molecule has 0 N–H and O–H groups in total. The van der Waals surface area contributed by atoms with Crippen LogP contribution in [0.2, 0.25) is 0 Å². The standard InChI is InChI=1S/C43H30N4/c1-29-12-10-21-40(44-29)32-24-22-30(23-25-32)35-26-36(39-20-11-18-31-13-8-9-19-38(31)39)28-37(27-35)43-46-41(33-14-4-2-5-15-33)45-42(47-43)34-16-6-3-7-17-34/h2-28H,1H3. The Hall–Kier alpha value is -6.26. The molecule has 0 fully saturated rings. The number of hydrogen-bond acceptors (Lipinski definition) is 4. The van der Waals surface area contributed by atoms with Gasteiger partial charge in [-0.05, 0) is 70.3 Å². The van der Waals surface area contributed by atoms with Crippen molar-refractivity contribution in [3.8, 4) is 67.7 Å². The third kappa shape index (κ3) is 5.81. The highest BCUT2D eigenvalue weighted by atomic mass is 15.0. The van der Waals surface area contributed by atoms with Crippen molar-refractivity contribution in [2.24, 2.45) is 0 Å². The first-order valence-electron chi connectivity index (χ1n) is 15.7. The molecule has 0 aliphatic carbocycles. The predicted molar refractivity (Wildman–Crippen MR) is 192 cm³/mol. The molecule has 2 aromatic heterocycles. The molecule has 222 valence electrons. The highest BCUT2D eigenvalue weighted by Crippen LogP contribution is 2.36. The van der Waals surface area contributed by atoms with E-state index in [1.54, 1.807) is 0 Å². The molecule has 0 spiro atoms. The predicted octanol–water partition coefficient (Wildman–Crippen LogP) is 10.7. The molecule has 4 heteroatoms. The fourth-order valence-electron chi connectivity index (χ4n) is 6.03. The maximum absolute atomic E-state index is 5.06. The summed E-state index contributed by atoms with van der Waals surface area (Å²) in [7, 11) is 0. The molecule has 0 aliphatic rings. The van der Waals surface area contributed by atoms with Crippen LogP contribution in [-0.2, 0) is 0 Å². The van der Waals surface area contributed by atoms with E-state index in [1.807, 2.05) is 79.7 Å². The third-order valence-corrected chi connectivity index (χ3v) is 8.39. The van der Waals surface area contributed by atoms with E-state index in [1.165, 1.54) is 10.8 Å². The summed E-state index contributed by atoms with van der Waals surface area (Å²) in [4.78, 5) is 19.8. The molecule has 0 amide bonds. The number of aryl methyl sites for hydroxylation is 1. The Balaban J connectivity index is 1.33. The number of rotatable bonds is 6. The van der Waals surface area contributed by atoms with Crippen LogP contribution in [0.3, 0.4) is 0 Å². The zero-order valence-corrected chi connectivity index (χ0v) is 25.9. The minimum Gasteiger partial charge on any atom is -0.253 e. The molecule has 8 rings (SSSR count). The molecule has 0 saturated heterocycles. The summed E-state index contributed by atoms with van der Waals surface area (Å²) in [5, 5.41) is 2.40. The van der Waals surface area contributed by atoms with Gasteiger partial charge < -0.3 is 0 Å². The topological polar surface area (TPSA) is 51.6 Å². The molecule has 47 heavy (non-hydrogen) atoms. The van der Waals surface area contributed by atoms with Crippen molar-refractivity contribution in [1.29, 1.82) is 0 Å². The van der Waals surface area contributed by atoms with Crippen LogP contribution >= 0.6 is 0 Å². The van der Waals surface area contributed by atoms with E-state index >= 15 is 0 Å². The van der Waals surface area contributed by atoms with Gasteiger partial charge in [0.2, 0.25) is 0 Å². The lowest BCUT2D eigenvalue weighted by Gasteiger charge is -2.14. The van der Waals surface area contributed by atoms with Gasteiger partial charge in [-0.2, -0.15) is 0 Å². The maximum atomic E-state index is 5.06. The van der Waals surface area contributed by atoms with Crippen LogP contribution < -0.4 is 0 Å². The zero-order valence-electron chi connectivity index (χ0n) is 25.9. The van der Waals surface area contributed by atoms with Gasteiger partial charge >= 0.3 is 0 Å². The Morgan fingerprint density at radius 2 is 0.872 bits per heavy atom. The van der Waals surface area contributed by atoms with E-state index in [-0.39, 0.29) is 0 Å². The first kappa shape index (κ1) is 28.2. The second kappa shape index (κ2) is 12.3.